The van der Waals surface area contributed by atoms with Crippen LogP contribution in [0.4, 0.5) is 0 Å². The van der Waals surface area contributed by atoms with E-state index in [9.17, 15) is 8.42 Å². The zero-order valence-electron chi connectivity index (χ0n) is 11.7. The Hall–Kier alpha value is -0.140. The van der Waals surface area contributed by atoms with Crippen LogP contribution in [0.3, 0.4) is 0 Å². The zero-order valence-corrected chi connectivity index (χ0v) is 14.9. The molecule has 0 aliphatic heterocycles. The molecule has 1 N–H and O–H groups in total. The average molecular weight is 384 g/mol. The summed E-state index contributed by atoms with van der Waals surface area (Å²) >= 11 is 9.50. The fraction of sp³-hybridized carbons (Fsp3) is 0.538. The van der Waals surface area contributed by atoms with Gasteiger partial charge in [-0.1, -0.05) is 34.5 Å². The highest BCUT2D eigenvalue weighted by Gasteiger charge is 2.12. The molecular formula is C13H20BrClN2O2S. The van der Waals surface area contributed by atoms with Gasteiger partial charge in [0.05, 0.1) is 6.26 Å². The fourth-order valence-electron chi connectivity index (χ4n) is 1.84. The first kappa shape index (κ1) is 17.9. The molecule has 0 heterocycles. The van der Waals surface area contributed by atoms with Crippen LogP contribution in [0.1, 0.15) is 18.9 Å². The molecule has 20 heavy (non-hydrogen) atoms. The second-order valence-electron chi connectivity index (χ2n) is 4.52. The van der Waals surface area contributed by atoms with Crippen molar-refractivity contribution in [2.24, 2.45) is 0 Å². The molecule has 114 valence electrons. The highest BCUT2D eigenvalue weighted by Crippen LogP contribution is 2.20. The summed E-state index contributed by atoms with van der Waals surface area (Å²) in [6, 6.07) is 5.73. The van der Waals surface area contributed by atoms with Crippen LogP contribution < -0.4 is 5.32 Å². The van der Waals surface area contributed by atoms with E-state index < -0.39 is 10.0 Å². The molecule has 0 aliphatic carbocycles. The first-order valence-corrected chi connectivity index (χ1v) is 9.46. The van der Waals surface area contributed by atoms with Gasteiger partial charge in [0.1, 0.15) is 0 Å². The van der Waals surface area contributed by atoms with Gasteiger partial charge < -0.3 is 5.32 Å². The minimum atomic E-state index is -3.09. The Morgan fingerprint density at radius 1 is 1.40 bits per heavy atom. The second-order valence-corrected chi connectivity index (χ2v) is 7.83. The van der Waals surface area contributed by atoms with Gasteiger partial charge in [0.15, 0.2) is 0 Å². The highest BCUT2D eigenvalue weighted by molar-refractivity contribution is 9.10. The van der Waals surface area contributed by atoms with Crippen LogP contribution in [0, 0.1) is 0 Å². The predicted molar refractivity (Wildman–Crippen MR) is 87.6 cm³/mol. The first-order chi connectivity index (χ1) is 9.34. The van der Waals surface area contributed by atoms with Gasteiger partial charge in [-0.2, -0.15) is 0 Å². The summed E-state index contributed by atoms with van der Waals surface area (Å²) in [5.74, 6) is 0. The van der Waals surface area contributed by atoms with Crippen molar-refractivity contribution in [3.05, 3.63) is 33.3 Å². The number of nitrogens with one attached hydrogen (secondary N) is 1. The Morgan fingerprint density at radius 2 is 2.10 bits per heavy atom. The topological polar surface area (TPSA) is 49.4 Å². The normalized spacial score (nSPS) is 12.1. The van der Waals surface area contributed by atoms with E-state index >= 15 is 0 Å². The van der Waals surface area contributed by atoms with Gasteiger partial charge >= 0.3 is 0 Å². The summed E-state index contributed by atoms with van der Waals surface area (Å²) in [5.41, 5.74) is 1.02. The molecule has 0 atom stereocenters. The van der Waals surface area contributed by atoms with Gasteiger partial charge in [-0.25, -0.2) is 12.7 Å². The van der Waals surface area contributed by atoms with Crippen LogP contribution in [-0.2, 0) is 16.6 Å². The lowest BCUT2D eigenvalue weighted by Gasteiger charge is -2.17. The number of nitrogens with zero attached hydrogens (tertiary/aromatic N) is 1. The summed E-state index contributed by atoms with van der Waals surface area (Å²) < 4.78 is 25.3. The highest BCUT2D eigenvalue weighted by atomic mass is 79.9. The quantitative estimate of drug-likeness (QED) is 0.702. The zero-order chi connectivity index (χ0) is 15.2. The van der Waals surface area contributed by atoms with Crippen molar-refractivity contribution in [2.45, 2.75) is 19.9 Å². The van der Waals surface area contributed by atoms with Gasteiger partial charge in [0.25, 0.3) is 0 Å². The van der Waals surface area contributed by atoms with E-state index in [-0.39, 0.29) is 0 Å². The van der Waals surface area contributed by atoms with E-state index in [2.05, 4.69) is 21.2 Å². The van der Waals surface area contributed by atoms with Crippen LogP contribution in [-0.4, -0.2) is 38.6 Å². The molecule has 4 nitrogen and oxygen atoms in total. The molecule has 0 aliphatic rings. The standard InChI is InChI=1S/C13H20BrClN2O2S/c1-3-17(20(2,18)19)8-4-7-16-10-11-9-12(14)5-6-13(11)15/h5-6,9,16H,3-4,7-8,10H2,1-2H3. The number of hydrogen-bond donors (Lipinski definition) is 1. The third kappa shape index (κ3) is 6.10. The van der Waals surface area contributed by atoms with E-state index in [4.69, 9.17) is 11.6 Å². The Morgan fingerprint density at radius 3 is 2.70 bits per heavy atom. The SMILES string of the molecule is CCN(CCCNCc1cc(Br)ccc1Cl)S(C)(=O)=O. The maximum absolute atomic E-state index is 11.4. The van der Waals surface area contributed by atoms with Crippen molar-refractivity contribution >= 4 is 37.6 Å². The second kappa shape index (κ2) is 8.34. The molecular weight excluding hydrogens is 364 g/mol. The van der Waals surface area contributed by atoms with Crippen molar-refractivity contribution in [3.8, 4) is 0 Å². The van der Waals surface area contributed by atoms with Crippen LogP contribution in [0.15, 0.2) is 22.7 Å². The number of rotatable bonds is 8. The molecule has 1 aromatic rings. The first-order valence-electron chi connectivity index (χ1n) is 6.44. The van der Waals surface area contributed by atoms with E-state index in [0.717, 1.165) is 28.0 Å². The molecule has 1 aromatic carbocycles. The van der Waals surface area contributed by atoms with E-state index in [0.29, 0.717) is 19.6 Å². The van der Waals surface area contributed by atoms with Gasteiger partial charge in [0.2, 0.25) is 10.0 Å². The minimum Gasteiger partial charge on any atom is -0.313 e. The smallest absolute Gasteiger partial charge is 0.211 e. The van der Waals surface area contributed by atoms with Crippen LogP contribution in [0.25, 0.3) is 0 Å². The summed E-state index contributed by atoms with van der Waals surface area (Å²) in [6.07, 6.45) is 2.01. The van der Waals surface area contributed by atoms with Crippen LogP contribution in [0.5, 0.6) is 0 Å². The van der Waals surface area contributed by atoms with Crippen molar-refractivity contribution in [2.75, 3.05) is 25.9 Å². The van der Waals surface area contributed by atoms with Crippen LogP contribution in [0.2, 0.25) is 5.02 Å². The molecule has 0 bridgehead atoms. The number of benzene rings is 1. The minimum absolute atomic E-state index is 0.510. The molecule has 0 spiro atoms. The molecule has 0 radical (unpaired) electrons. The molecule has 0 saturated heterocycles. The third-order valence-corrected chi connectivity index (χ3v) is 5.15. The fourth-order valence-corrected chi connectivity index (χ4v) is 3.36. The Kier molecular flexibility index (Phi) is 7.47. The Balaban J connectivity index is 2.34. The van der Waals surface area contributed by atoms with Crippen molar-refractivity contribution in [3.63, 3.8) is 0 Å². The Bertz CT molecular complexity index is 537. The molecule has 0 saturated carbocycles. The summed E-state index contributed by atoms with van der Waals surface area (Å²) in [6.45, 7) is 4.30. The summed E-state index contributed by atoms with van der Waals surface area (Å²) in [5, 5.41) is 4.00. The lowest BCUT2D eigenvalue weighted by atomic mass is 10.2. The van der Waals surface area contributed by atoms with Gasteiger partial charge in [0, 0.05) is 29.1 Å². The maximum Gasteiger partial charge on any atom is 0.211 e. The van der Waals surface area contributed by atoms with Gasteiger partial charge in [-0.05, 0) is 36.7 Å². The predicted octanol–water partition coefficient (Wildman–Crippen LogP) is 2.86. The van der Waals surface area contributed by atoms with E-state index in [1.807, 2.05) is 25.1 Å². The van der Waals surface area contributed by atoms with Crippen molar-refractivity contribution < 1.29 is 8.42 Å². The summed E-state index contributed by atoms with van der Waals surface area (Å²) in [4.78, 5) is 0. The number of halogens is 2. The molecule has 0 unspecified atom stereocenters. The lowest BCUT2D eigenvalue weighted by molar-refractivity contribution is 0.419. The third-order valence-electron chi connectivity index (χ3n) is 2.91. The molecule has 0 fully saturated rings. The monoisotopic (exact) mass is 382 g/mol. The molecule has 1 rings (SSSR count). The number of hydrogen-bond acceptors (Lipinski definition) is 3. The van der Waals surface area contributed by atoms with Gasteiger partial charge in [-0.15, -0.1) is 0 Å². The average Bonchev–Trinajstić information content (AvgIpc) is 2.36. The Labute approximate surface area is 134 Å². The molecule has 0 aromatic heterocycles. The van der Waals surface area contributed by atoms with Crippen LogP contribution >= 0.6 is 27.5 Å². The lowest BCUT2D eigenvalue weighted by Crippen LogP contribution is -2.32. The molecule has 7 heteroatoms. The van der Waals surface area contributed by atoms with Crippen molar-refractivity contribution in [1.29, 1.82) is 0 Å². The maximum atomic E-state index is 11.4. The van der Waals surface area contributed by atoms with Crippen molar-refractivity contribution in [1.82, 2.24) is 9.62 Å². The van der Waals surface area contributed by atoms with E-state index in [1.54, 1.807) is 0 Å². The van der Waals surface area contributed by atoms with E-state index in [1.165, 1.54) is 10.6 Å². The van der Waals surface area contributed by atoms with Gasteiger partial charge in [-0.3, -0.25) is 0 Å². The molecule has 0 amide bonds. The largest absolute Gasteiger partial charge is 0.313 e. The summed E-state index contributed by atoms with van der Waals surface area (Å²) in [7, 11) is -3.09. The number of sulfonamides is 1.